The van der Waals surface area contributed by atoms with Gasteiger partial charge in [0.25, 0.3) is 5.91 Å². The molecule has 1 aliphatic heterocycles. The number of nitrogens with zero attached hydrogens (tertiary/aromatic N) is 2. The first-order valence-electron chi connectivity index (χ1n) is 8.70. The predicted molar refractivity (Wildman–Crippen MR) is 86.0 cm³/mol. The van der Waals surface area contributed by atoms with Gasteiger partial charge in [0.1, 0.15) is 5.69 Å². The molecule has 1 N–H and O–H groups in total. The summed E-state index contributed by atoms with van der Waals surface area (Å²) in [4.78, 5) is 30.1. The molecule has 6 heteroatoms. The number of rotatable bonds is 2. The van der Waals surface area contributed by atoms with Gasteiger partial charge in [0, 0.05) is 6.20 Å². The van der Waals surface area contributed by atoms with Crippen LogP contribution in [-0.2, 0) is 4.74 Å². The number of ether oxygens (including phenoxy) is 1. The molecule has 2 aliphatic carbocycles. The number of amides is 1. The van der Waals surface area contributed by atoms with Gasteiger partial charge in [0.05, 0.1) is 29.9 Å². The molecule has 2 spiro atoms. The van der Waals surface area contributed by atoms with Crippen LogP contribution in [0.15, 0.2) is 18.3 Å². The van der Waals surface area contributed by atoms with Crippen LogP contribution >= 0.6 is 0 Å². The standard InChI is InChI=1S/C18H22N2O4/c21-15(14-10-13(16(22)23)4-9-19-14)20-11-17(5-1-2-6-17)24-18(12-20)7-3-8-18/h4,9-10H,1-3,5-8,11-12H2,(H,22,23). The van der Waals surface area contributed by atoms with Crippen molar-refractivity contribution in [1.82, 2.24) is 9.88 Å². The first-order chi connectivity index (χ1) is 11.5. The van der Waals surface area contributed by atoms with Gasteiger partial charge in [-0.05, 0) is 44.2 Å². The molecule has 1 amide bonds. The molecule has 2 saturated carbocycles. The van der Waals surface area contributed by atoms with Gasteiger partial charge < -0.3 is 14.7 Å². The van der Waals surface area contributed by atoms with Crippen molar-refractivity contribution in [3.63, 3.8) is 0 Å². The fourth-order valence-corrected chi connectivity index (χ4v) is 4.37. The number of hydrogen-bond acceptors (Lipinski definition) is 4. The monoisotopic (exact) mass is 330 g/mol. The SMILES string of the molecule is O=C(O)c1ccnc(C(=O)N2CC3(CCCC3)OC3(CCC3)C2)c1. The number of pyridine rings is 1. The fourth-order valence-electron chi connectivity index (χ4n) is 4.37. The van der Waals surface area contributed by atoms with Gasteiger partial charge >= 0.3 is 5.97 Å². The third-order valence-electron chi connectivity index (χ3n) is 5.68. The Morgan fingerprint density at radius 1 is 1.08 bits per heavy atom. The lowest BCUT2D eigenvalue weighted by atomic mass is 9.76. The van der Waals surface area contributed by atoms with E-state index in [-0.39, 0.29) is 28.4 Å². The summed E-state index contributed by atoms with van der Waals surface area (Å²) in [5.41, 5.74) is -0.100. The highest BCUT2D eigenvalue weighted by atomic mass is 16.5. The second kappa shape index (κ2) is 5.55. The molecule has 128 valence electrons. The van der Waals surface area contributed by atoms with Crippen LogP contribution in [0.25, 0.3) is 0 Å². The molecule has 1 saturated heterocycles. The maximum atomic E-state index is 13.0. The van der Waals surface area contributed by atoms with Gasteiger partial charge in [0.2, 0.25) is 0 Å². The Balaban J connectivity index is 1.61. The summed E-state index contributed by atoms with van der Waals surface area (Å²) in [6, 6.07) is 2.78. The number of carbonyl (C=O) groups excluding carboxylic acids is 1. The van der Waals surface area contributed by atoms with Crippen LogP contribution in [0.4, 0.5) is 0 Å². The summed E-state index contributed by atoms with van der Waals surface area (Å²) < 4.78 is 6.53. The fraction of sp³-hybridized carbons (Fsp3) is 0.611. The molecule has 0 bridgehead atoms. The lowest BCUT2D eigenvalue weighted by Gasteiger charge is -2.55. The summed E-state index contributed by atoms with van der Waals surface area (Å²) in [5.74, 6) is -1.23. The Morgan fingerprint density at radius 3 is 2.25 bits per heavy atom. The number of carboxylic acid groups (broad SMARTS) is 1. The first kappa shape index (κ1) is 15.6. The van der Waals surface area contributed by atoms with Gasteiger partial charge in [-0.15, -0.1) is 0 Å². The average molecular weight is 330 g/mol. The van der Waals surface area contributed by atoms with Crippen LogP contribution in [-0.4, -0.2) is 51.2 Å². The second-order valence-electron chi connectivity index (χ2n) is 7.42. The van der Waals surface area contributed by atoms with Crippen molar-refractivity contribution in [2.75, 3.05) is 13.1 Å². The molecular formula is C18H22N2O4. The zero-order chi connectivity index (χ0) is 16.8. The molecule has 3 aliphatic rings. The molecule has 0 radical (unpaired) electrons. The van der Waals surface area contributed by atoms with E-state index in [1.165, 1.54) is 18.3 Å². The van der Waals surface area contributed by atoms with E-state index in [0.717, 1.165) is 44.9 Å². The number of hydrogen-bond donors (Lipinski definition) is 1. The minimum atomic E-state index is -1.05. The van der Waals surface area contributed by atoms with Crippen LogP contribution in [0, 0.1) is 0 Å². The molecule has 1 aromatic heterocycles. The van der Waals surface area contributed by atoms with E-state index in [1.807, 2.05) is 4.90 Å². The summed E-state index contributed by atoms with van der Waals surface area (Å²) in [7, 11) is 0. The van der Waals surface area contributed by atoms with E-state index >= 15 is 0 Å². The quantitative estimate of drug-likeness (QED) is 0.901. The summed E-state index contributed by atoms with van der Waals surface area (Å²) in [5, 5.41) is 9.13. The number of carbonyl (C=O) groups is 2. The average Bonchev–Trinajstić information content (AvgIpc) is 2.99. The van der Waals surface area contributed by atoms with E-state index in [4.69, 9.17) is 9.84 Å². The van der Waals surface area contributed by atoms with Crippen LogP contribution in [0.2, 0.25) is 0 Å². The Hall–Kier alpha value is -1.95. The normalized spacial score (nSPS) is 24.1. The van der Waals surface area contributed by atoms with E-state index in [1.54, 1.807) is 0 Å². The van der Waals surface area contributed by atoms with E-state index in [9.17, 15) is 9.59 Å². The zero-order valence-corrected chi connectivity index (χ0v) is 13.7. The van der Waals surface area contributed by atoms with Crippen molar-refractivity contribution in [2.24, 2.45) is 0 Å². The van der Waals surface area contributed by atoms with Gasteiger partial charge in [-0.3, -0.25) is 9.78 Å². The van der Waals surface area contributed by atoms with Crippen LogP contribution < -0.4 is 0 Å². The maximum Gasteiger partial charge on any atom is 0.335 e. The van der Waals surface area contributed by atoms with E-state index < -0.39 is 5.97 Å². The van der Waals surface area contributed by atoms with Crippen molar-refractivity contribution in [2.45, 2.75) is 56.1 Å². The molecule has 0 unspecified atom stereocenters. The van der Waals surface area contributed by atoms with Crippen LogP contribution in [0.5, 0.6) is 0 Å². The molecule has 2 heterocycles. The first-order valence-corrected chi connectivity index (χ1v) is 8.70. The molecule has 1 aromatic rings. The Kier molecular flexibility index (Phi) is 3.60. The second-order valence-corrected chi connectivity index (χ2v) is 7.42. The smallest absolute Gasteiger partial charge is 0.335 e. The van der Waals surface area contributed by atoms with Crippen molar-refractivity contribution >= 4 is 11.9 Å². The maximum absolute atomic E-state index is 13.0. The number of aromatic carboxylic acids is 1. The summed E-state index contributed by atoms with van der Waals surface area (Å²) >= 11 is 0. The van der Waals surface area contributed by atoms with Crippen LogP contribution in [0.1, 0.15) is 65.8 Å². The van der Waals surface area contributed by atoms with Crippen molar-refractivity contribution < 1.29 is 19.4 Å². The van der Waals surface area contributed by atoms with Gasteiger partial charge in [-0.2, -0.15) is 0 Å². The number of aromatic nitrogens is 1. The Morgan fingerprint density at radius 2 is 1.71 bits per heavy atom. The zero-order valence-electron chi connectivity index (χ0n) is 13.7. The van der Waals surface area contributed by atoms with Crippen LogP contribution in [0.3, 0.4) is 0 Å². The largest absolute Gasteiger partial charge is 0.478 e. The third-order valence-corrected chi connectivity index (χ3v) is 5.68. The topological polar surface area (TPSA) is 79.7 Å². The molecule has 6 nitrogen and oxygen atoms in total. The lowest BCUT2D eigenvalue weighted by Crippen LogP contribution is -2.64. The molecule has 4 rings (SSSR count). The highest BCUT2D eigenvalue weighted by molar-refractivity contribution is 5.96. The van der Waals surface area contributed by atoms with Gasteiger partial charge in [0.15, 0.2) is 0 Å². The van der Waals surface area contributed by atoms with Gasteiger partial charge in [-0.1, -0.05) is 12.8 Å². The Bertz CT molecular complexity index is 677. The number of morpholine rings is 1. The van der Waals surface area contributed by atoms with E-state index in [0.29, 0.717) is 13.1 Å². The molecule has 24 heavy (non-hydrogen) atoms. The van der Waals surface area contributed by atoms with Gasteiger partial charge in [-0.25, -0.2) is 4.79 Å². The van der Waals surface area contributed by atoms with Crippen molar-refractivity contribution in [3.8, 4) is 0 Å². The minimum absolute atomic E-state index is 0.0931. The van der Waals surface area contributed by atoms with Crippen molar-refractivity contribution in [1.29, 1.82) is 0 Å². The van der Waals surface area contributed by atoms with Crippen molar-refractivity contribution in [3.05, 3.63) is 29.6 Å². The molecule has 0 aromatic carbocycles. The molecule has 3 fully saturated rings. The third kappa shape index (κ3) is 2.59. The Labute approximate surface area is 140 Å². The minimum Gasteiger partial charge on any atom is -0.478 e. The lowest BCUT2D eigenvalue weighted by molar-refractivity contribution is -0.230. The highest BCUT2D eigenvalue weighted by Gasteiger charge is 2.53. The molecule has 0 atom stereocenters. The summed E-state index contributed by atoms with van der Waals surface area (Å²) in [6.07, 6.45) is 8.83. The highest BCUT2D eigenvalue weighted by Crippen LogP contribution is 2.48. The number of carboxylic acids is 1. The predicted octanol–water partition coefficient (Wildman–Crippen LogP) is 2.49. The molecular weight excluding hydrogens is 308 g/mol. The summed E-state index contributed by atoms with van der Waals surface area (Å²) in [6.45, 7) is 1.18. The van der Waals surface area contributed by atoms with E-state index in [2.05, 4.69) is 4.98 Å².